The third-order valence-corrected chi connectivity index (χ3v) is 5.68. The largest absolute Gasteiger partial charge is 0.460 e. The molecule has 0 spiro atoms. The first kappa shape index (κ1) is 21.4. The molecule has 1 aliphatic rings. The van der Waals surface area contributed by atoms with Crippen molar-refractivity contribution in [3.63, 3.8) is 0 Å². The molecule has 0 aromatic heterocycles. The summed E-state index contributed by atoms with van der Waals surface area (Å²) in [4.78, 5) is 12.8. The van der Waals surface area contributed by atoms with E-state index < -0.39 is 0 Å². The lowest BCUT2D eigenvalue weighted by atomic mass is 9.71. The third-order valence-electron chi connectivity index (χ3n) is 5.68. The Hall–Kier alpha value is -1.87. The molecular formula is C24H34O3. The van der Waals surface area contributed by atoms with Gasteiger partial charge in [-0.15, -0.1) is 0 Å². The second kappa shape index (κ2) is 9.36. The summed E-state index contributed by atoms with van der Waals surface area (Å²) < 4.78 is 5.30. The van der Waals surface area contributed by atoms with Gasteiger partial charge >= 0.3 is 5.97 Å². The average molecular weight is 371 g/mol. The minimum Gasteiger partial charge on any atom is -0.460 e. The molecule has 0 saturated heterocycles. The summed E-state index contributed by atoms with van der Waals surface area (Å²) in [7, 11) is 0. The van der Waals surface area contributed by atoms with Crippen LogP contribution in [0.3, 0.4) is 0 Å². The summed E-state index contributed by atoms with van der Waals surface area (Å²) in [6, 6.07) is 2.16. The van der Waals surface area contributed by atoms with E-state index in [-0.39, 0.29) is 25.1 Å². The zero-order chi connectivity index (χ0) is 20.1. The van der Waals surface area contributed by atoms with Gasteiger partial charge in [0.25, 0.3) is 0 Å². The SMILES string of the molecule is C=C(C)[C@@H]1CCC(C)=C[C@H]1c1c(C)cc(CCC)c(C(=O)OCCO)c1C. The number of aliphatic hydroxyl groups is 1. The van der Waals surface area contributed by atoms with Crippen molar-refractivity contribution in [1.82, 2.24) is 0 Å². The van der Waals surface area contributed by atoms with Gasteiger partial charge in [-0.2, -0.15) is 0 Å². The molecule has 2 rings (SSSR count). The number of carbonyl (C=O) groups is 1. The lowest BCUT2D eigenvalue weighted by Gasteiger charge is -2.33. The lowest BCUT2D eigenvalue weighted by Crippen LogP contribution is -2.21. The van der Waals surface area contributed by atoms with Crippen LogP contribution in [0.25, 0.3) is 0 Å². The summed E-state index contributed by atoms with van der Waals surface area (Å²) in [5, 5.41) is 9.04. The van der Waals surface area contributed by atoms with Gasteiger partial charge in [0.15, 0.2) is 0 Å². The molecule has 3 nitrogen and oxygen atoms in total. The van der Waals surface area contributed by atoms with E-state index in [0.29, 0.717) is 11.5 Å². The first-order valence-electron chi connectivity index (χ1n) is 10.0. The van der Waals surface area contributed by atoms with E-state index in [1.54, 1.807) is 0 Å². The molecule has 0 saturated carbocycles. The first-order chi connectivity index (χ1) is 12.8. The summed E-state index contributed by atoms with van der Waals surface area (Å²) >= 11 is 0. The monoisotopic (exact) mass is 370 g/mol. The molecule has 0 unspecified atom stereocenters. The molecular weight excluding hydrogens is 336 g/mol. The molecule has 2 atom stereocenters. The molecule has 1 aromatic carbocycles. The van der Waals surface area contributed by atoms with Gasteiger partial charge in [-0.3, -0.25) is 0 Å². The van der Waals surface area contributed by atoms with Crippen LogP contribution < -0.4 is 0 Å². The number of ether oxygens (including phenoxy) is 1. The van der Waals surface area contributed by atoms with Gasteiger partial charge < -0.3 is 9.84 Å². The van der Waals surface area contributed by atoms with Crippen molar-refractivity contribution in [3.05, 3.63) is 57.7 Å². The fourth-order valence-electron chi connectivity index (χ4n) is 4.46. The van der Waals surface area contributed by atoms with Crippen LogP contribution in [0.15, 0.2) is 29.9 Å². The standard InChI is InChI=1S/C24H34O3/c1-7-8-19-14-17(5)22(18(6)23(19)24(26)27-12-11-25)21-13-16(4)9-10-20(21)15(2)3/h13-14,20-21,25H,2,7-12H2,1,3-6H3/t20-,21+/m0/s1. The van der Waals surface area contributed by atoms with Crippen LogP contribution in [-0.4, -0.2) is 24.3 Å². The highest BCUT2D eigenvalue weighted by Gasteiger charge is 2.30. The fourth-order valence-corrected chi connectivity index (χ4v) is 4.46. The number of allylic oxidation sites excluding steroid dienone is 3. The van der Waals surface area contributed by atoms with Crippen molar-refractivity contribution < 1.29 is 14.6 Å². The Morgan fingerprint density at radius 2 is 2.04 bits per heavy atom. The van der Waals surface area contributed by atoms with Crippen LogP contribution in [-0.2, 0) is 11.2 Å². The molecule has 1 N–H and O–H groups in total. The molecule has 0 aliphatic heterocycles. The Morgan fingerprint density at radius 3 is 2.63 bits per heavy atom. The van der Waals surface area contributed by atoms with Gasteiger partial charge in [0, 0.05) is 5.92 Å². The minimum atomic E-state index is -0.324. The van der Waals surface area contributed by atoms with Gasteiger partial charge in [0.1, 0.15) is 6.61 Å². The lowest BCUT2D eigenvalue weighted by molar-refractivity contribution is 0.0431. The maximum Gasteiger partial charge on any atom is 0.338 e. The molecule has 1 aliphatic carbocycles. The highest BCUT2D eigenvalue weighted by atomic mass is 16.5. The number of esters is 1. The van der Waals surface area contributed by atoms with Crippen LogP contribution in [0, 0.1) is 19.8 Å². The van der Waals surface area contributed by atoms with Crippen molar-refractivity contribution >= 4 is 5.97 Å². The molecule has 1 aromatic rings. The maximum absolute atomic E-state index is 12.8. The van der Waals surface area contributed by atoms with Crippen molar-refractivity contribution in [3.8, 4) is 0 Å². The van der Waals surface area contributed by atoms with E-state index in [4.69, 9.17) is 9.84 Å². The van der Waals surface area contributed by atoms with E-state index in [0.717, 1.165) is 36.8 Å². The summed E-state index contributed by atoms with van der Waals surface area (Å²) in [6.45, 7) is 14.7. The van der Waals surface area contributed by atoms with Gasteiger partial charge in [0.2, 0.25) is 0 Å². The smallest absolute Gasteiger partial charge is 0.338 e. The Kier molecular flexibility index (Phi) is 7.43. The molecule has 0 fully saturated rings. The zero-order valence-electron chi connectivity index (χ0n) is 17.5. The normalized spacial score (nSPS) is 19.6. The topological polar surface area (TPSA) is 46.5 Å². The highest BCUT2D eigenvalue weighted by Crippen LogP contribution is 2.43. The van der Waals surface area contributed by atoms with Gasteiger partial charge in [-0.25, -0.2) is 4.79 Å². The molecule has 27 heavy (non-hydrogen) atoms. The average Bonchev–Trinajstić information content (AvgIpc) is 2.59. The molecule has 0 radical (unpaired) electrons. The summed E-state index contributed by atoms with van der Waals surface area (Å²) in [5.74, 6) is 0.315. The summed E-state index contributed by atoms with van der Waals surface area (Å²) in [6.07, 6.45) is 6.37. The van der Waals surface area contributed by atoms with Gasteiger partial charge in [0.05, 0.1) is 12.2 Å². The zero-order valence-corrected chi connectivity index (χ0v) is 17.5. The number of aliphatic hydroxyl groups excluding tert-OH is 1. The molecule has 0 heterocycles. The Bertz CT molecular complexity index is 742. The number of hydrogen-bond acceptors (Lipinski definition) is 3. The van der Waals surface area contributed by atoms with Crippen molar-refractivity contribution in [2.75, 3.05) is 13.2 Å². The van der Waals surface area contributed by atoms with E-state index in [1.807, 2.05) is 6.92 Å². The van der Waals surface area contributed by atoms with Gasteiger partial charge in [-0.05, 0) is 75.1 Å². The van der Waals surface area contributed by atoms with Crippen LogP contribution in [0.1, 0.15) is 78.6 Å². The molecule has 148 valence electrons. The number of rotatable bonds is 7. The number of carbonyl (C=O) groups excluding carboxylic acids is 1. The second-order valence-electron chi connectivity index (χ2n) is 7.91. The minimum absolute atomic E-state index is 0.0316. The van der Waals surface area contributed by atoms with Crippen LogP contribution in [0.2, 0.25) is 0 Å². The fraction of sp³-hybridized carbons (Fsp3) is 0.542. The maximum atomic E-state index is 12.8. The molecule has 0 amide bonds. The quantitative estimate of drug-likeness (QED) is 0.515. The second-order valence-corrected chi connectivity index (χ2v) is 7.91. The number of aryl methyl sites for hydroxylation is 2. The molecule has 0 bridgehead atoms. The van der Waals surface area contributed by atoms with E-state index in [9.17, 15) is 4.79 Å². The predicted molar refractivity (Wildman–Crippen MR) is 111 cm³/mol. The van der Waals surface area contributed by atoms with Crippen LogP contribution >= 0.6 is 0 Å². The predicted octanol–water partition coefficient (Wildman–Crippen LogP) is 5.42. The van der Waals surface area contributed by atoms with Crippen molar-refractivity contribution in [2.45, 2.75) is 66.2 Å². The van der Waals surface area contributed by atoms with Crippen molar-refractivity contribution in [2.24, 2.45) is 5.92 Å². The van der Waals surface area contributed by atoms with E-state index in [2.05, 4.69) is 46.4 Å². The Morgan fingerprint density at radius 1 is 1.33 bits per heavy atom. The first-order valence-corrected chi connectivity index (χ1v) is 10.0. The van der Waals surface area contributed by atoms with E-state index in [1.165, 1.54) is 22.3 Å². The van der Waals surface area contributed by atoms with E-state index >= 15 is 0 Å². The molecule has 3 heteroatoms. The number of hydrogen-bond donors (Lipinski definition) is 1. The third kappa shape index (κ3) is 4.70. The van der Waals surface area contributed by atoms with Crippen LogP contribution in [0.5, 0.6) is 0 Å². The Labute approximate surface area is 164 Å². The summed E-state index contributed by atoms with van der Waals surface area (Å²) in [5.41, 5.74) is 7.81. The number of benzene rings is 1. The Balaban J connectivity index is 2.64. The van der Waals surface area contributed by atoms with Gasteiger partial charge in [-0.1, -0.05) is 43.2 Å². The van der Waals surface area contributed by atoms with Crippen molar-refractivity contribution in [1.29, 1.82) is 0 Å². The van der Waals surface area contributed by atoms with Crippen LogP contribution in [0.4, 0.5) is 0 Å². The highest BCUT2D eigenvalue weighted by molar-refractivity contribution is 5.93.